The van der Waals surface area contributed by atoms with Crippen LogP contribution in [0.15, 0.2) is 162 Å². The van der Waals surface area contributed by atoms with Gasteiger partial charge in [-0.2, -0.15) is 0 Å². The molecule has 46 heavy (non-hydrogen) atoms. The van der Waals surface area contributed by atoms with E-state index in [1.54, 1.807) is 0 Å². The minimum Gasteiger partial charge on any atom is -0.324 e. The van der Waals surface area contributed by atoms with Crippen LogP contribution in [0.2, 0.25) is 0 Å². The third kappa shape index (κ3) is 3.72. The molecule has 0 aromatic heterocycles. The first-order chi connectivity index (χ1) is 22.6. The Hall–Kier alpha value is -5.54. The van der Waals surface area contributed by atoms with Crippen molar-refractivity contribution in [3.8, 4) is 11.1 Å². The Bertz CT molecular complexity index is 2160. The van der Waals surface area contributed by atoms with E-state index in [4.69, 9.17) is 9.98 Å². The molecule has 1 aliphatic heterocycles. The fourth-order valence-corrected chi connectivity index (χ4v) is 8.13. The van der Waals surface area contributed by atoms with E-state index < -0.39 is 5.41 Å². The zero-order chi connectivity index (χ0) is 30.9. The first-order valence-electron chi connectivity index (χ1n) is 16.0. The molecule has 1 atom stereocenters. The summed E-state index contributed by atoms with van der Waals surface area (Å²) in [5.41, 5.74) is 13.3. The number of nitrogens with zero attached hydrogens (tertiary/aromatic N) is 2. The molecular formula is C43H33N3. The Morgan fingerprint density at radius 1 is 0.457 bits per heavy atom. The highest BCUT2D eigenvalue weighted by Crippen LogP contribution is 2.62. The smallest absolute Gasteiger partial charge is 0.169 e. The Morgan fingerprint density at radius 2 is 0.957 bits per heavy atom. The molecule has 3 nitrogen and oxygen atoms in total. The van der Waals surface area contributed by atoms with Gasteiger partial charge in [-0.25, -0.2) is 9.98 Å². The van der Waals surface area contributed by atoms with Gasteiger partial charge in [0.15, 0.2) is 6.17 Å². The SMILES string of the molecule is CC1(C)c2ccccc2C2(c3ccccc3-c3cc(C4=NC(c5ccccc5)N=C(c5ccccc5)N4)ccc32)c2ccccc21. The summed E-state index contributed by atoms with van der Waals surface area (Å²) >= 11 is 0. The van der Waals surface area contributed by atoms with Gasteiger partial charge in [-0.1, -0.05) is 159 Å². The molecule has 220 valence electrons. The number of rotatable bonds is 3. The number of benzene rings is 6. The summed E-state index contributed by atoms with van der Waals surface area (Å²) in [5.74, 6) is 1.66. The molecule has 0 saturated heterocycles. The van der Waals surface area contributed by atoms with Gasteiger partial charge in [0, 0.05) is 16.5 Å². The van der Waals surface area contributed by atoms with E-state index in [0.717, 1.165) is 28.4 Å². The van der Waals surface area contributed by atoms with E-state index in [-0.39, 0.29) is 11.6 Å². The molecule has 1 heterocycles. The quantitative estimate of drug-likeness (QED) is 0.219. The topological polar surface area (TPSA) is 36.8 Å². The standard InChI is InChI=1S/C43H33N3/c1-42(2)35-21-11-13-23-37(35)43(38-24-14-12-22-36(38)42)33-20-10-9-19-31(33)32-27-30(25-26-34(32)43)41-45-39(28-15-5-3-6-16-28)44-40(46-41)29-17-7-4-8-18-29/h3-27,39H,1-2H3,(H,44,45,46). The van der Waals surface area contributed by atoms with Gasteiger partial charge in [0.2, 0.25) is 0 Å². The molecule has 0 fully saturated rings. The van der Waals surface area contributed by atoms with Crippen LogP contribution in [0.4, 0.5) is 0 Å². The second-order valence-corrected chi connectivity index (χ2v) is 13.0. The number of hydrogen-bond donors (Lipinski definition) is 1. The van der Waals surface area contributed by atoms with Crippen molar-refractivity contribution in [1.82, 2.24) is 5.32 Å². The van der Waals surface area contributed by atoms with Crippen LogP contribution in [0.25, 0.3) is 11.1 Å². The molecule has 6 aromatic rings. The predicted molar refractivity (Wildman–Crippen MR) is 188 cm³/mol. The van der Waals surface area contributed by atoms with Gasteiger partial charge in [-0.3, -0.25) is 0 Å². The maximum absolute atomic E-state index is 5.19. The lowest BCUT2D eigenvalue weighted by atomic mass is 9.55. The zero-order valence-electron chi connectivity index (χ0n) is 25.9. The van der Waals surface area contributed by atoms with E-state index in [9.17, 15) is 0 Å². The zero-order valence-corrected chi connectivity index (χ0v) is 25.9. The highest BCUT2D eigenvalue weighted by atomic mass is 15.2. The van der Waals surface area contributed by atoms with Crippen LogP contribution in [-0.4, -0.2) is 11.7 Å². The summed E-state index contributed by atoms with van der Waals surface area (Å²) in [6, 6.07) is 54.8. The number of aliphatic imine (C=N–C) groups is 2. The highest BCUT2D eigenvalue weighted by Gasteiger charge is 2.53. The average Bonchev–Trinajstić information content (AvgIpc) is 3.42. The molecule has 1 unspecified atom stereocenters. The molecule has 2 aliphatic carbocycles. The fraction of sp³-hybridized carbons (Fsp3) is 0.116. The Morgan fingerprint density at radius 3 is 1.61 bits per heavy atom. The van der Waals surface area contributed by atoms with Crippen molar-refractivity contribution in [2.24, 2.45) is 9.98 Å². The molecule has 9 rings (SSSR count). The van der Waals surface area contributed by atoms with Crippen molar-refractivity contribution >= 4 is 11.7 Å². The van der Waals surface area contributed by atoms with Crippen molar-refractivity contribution in [3.05, 3.63) is 202 Å². The number of nitrogens with one attached hydrogen (secondary N) is 1. The summed E-state index contributed by atoms with van der Waals surface area (Å²) in [7, 11) is 0. The van der Waals surface area contributed by atoms with Crippen LogP contribution in [0.3, 0.4) is 0 Å². The number of hydrogen-bond acceptors (Lipinski definition) is 3. The molecule has 6 aromatic carbocycles. The fourth-order valence-electron chi connectivity index (χ4n) is 8.13. The maximum Gasteiger partial charge on any atom is 0.169 e. The third-order valence-corrected chi connectivity index (χ3v) is 10.2. The molecule has 1 N–H and O–H groups in total. The number of amidine groups is 2. The summed E-state index contributed by atoms with van der Waals surface area (Å²) in [5, 5.41) is 3.61. The second kappa shape index (κ2) is 9.98. The predicted octanol–water partition coefficient (Wildman–Crippen LogP) is 9.18. The summed E-state index contributed by atoms with van der Waals surface area (Å²) < 4.78 is 0. The summed E-state index contributed by atoms with van der Waals surface area (Å²) in [6.07, 6.45) is -0.334. The first kappa shape index (κ1) is 26.8. The molecule has 3 heteroatoms. The minimum atomic E-state index is -0.405. The van der Waals surface area contributed by atoms with Crippen LogP contribution in [0.1, 0.15) is 70.1 Å². The molecule has 0 saturated carbocycles. The molecule has 0 amide bonds. The molecular weight excluding hydrogens is 558 g/mol. The van der Waals surface area contributed by atoms with Crippen LogP contribution in [0.5, 0.6) is 0 Å². The molecule has 1 spiro atoms. The lowest BCUT2D eigenvalue weighted by Crippen LogP contribution is -2.40. The Labute approximate surface area is 270 Å². The van der Waals surface area contributed by atoms with Gasteiger partial charge in [0.25, 0.3) is 0 Å². The Kier molecular flexibility index (Phi) is 5.82. The van der Waals surface area contributed by atoms with E-state index in [1.807, 2.05) is 12.1 Å². The van der Waals surface area contributed by atoms with Crippen LogP contribution in [0, 0.1) is 0 Å². The van der Waals surface area contributed by atoms with E-state index in [2.05, 4.69) is 159 Å². The van der Waals surface area contributed by atoms with Gasteiger partial charge in [-0.05, 0) is 56.1 Å². The summed E-state index contributed by atoms with van der Waals surface area (Å²) in [4.78, 5) is 10.2. The number of fused-ring (bicyclic) bond motifs is 9. The van der Waals surface area contributed by atoms with Crippen LogP contribution < -0.4 is 5.32 Å². The van der Waals surface area contributed by atoms with E-state index >= 15 is 0 Å². The van der Waals surface area contributed by atoms with Crippen LogP contribution in [-0.2, 0) is 10.8 Å². The average molecular weight is 592 g/mol. The molecule has 3 aliphatic rings. The van der Waals surface area contributed by atoms with Gasteiger partial charge >= 0.3 is 0 Å². The lowest BCUT2D eigenvalue weighted by molar-refractivity contribution is 0.563. The van der Waals surface area contributed by atoms with Gasteiger partial charge < -0.3 is 5.32 Å². The monoisotopic (exact) mass is 591 g/mol. The van der Waals surface area contributed by atoms with Crippen molar-refractivity contribution < 1.29 is 0 Å². The van der Waals surface area contributed by atoms with Crippen molar-refractivity contribution in [1.29, 1.82) is 0 Å². The van der Waals surface area contributed by atoms with Crippen molar-refractivity contribution in [2.75, 3.05) is 0 Å². The molecule has 0 bridgehead atoms. The minimum absolute atomic E-state index is 0.115. The normalized spacial score (nSPS) is 17.9. The van der Waals surface area contributed by atoms with Gasteiger partial charge in [0.05, 0.1) is 5.41 Å². The first-order valence-corrected chi connectivity index (χ1v) is 16.0. The molecule has 0 radical (unpaired) electrons. The van der Waals surface area contributed by atoms with Gasteiger partial charge in [-0.15, -0.1) is 0 Å². The summed E-state index contributed by atoms with van der Waals surface area (Å²) in [6.45, 7) is 4.73. The van der Waals surface area contributed by atoms with Crippen LogP contribution >= 0.6 is 0 Å². The maximum atomic E-state index is 5.19. The lowest BCUT2D eigenvalue weighted by Gasteiger charge is -2.46. The van der Waals surface area contributed by atoms with Gasteiger partial charge in [0.1, 0.15) is 11.7 Å². The van der Waals surface area contributed by atoms with Crippen molar-refractivity contribution in [3.63, 3.8) is 0 Å². The van der Waals surface area contributed by atoms with E-state index in [1.165, 1.54) is 44.5 Å². The third-order valence-electron chi connectivity index (χ3n) is 10.2. The Balaban J connectivity index is 1.26. The van der Waals surface area contributed by atoms with Crippen molar-refractivity contribution in [2.45, 2.75) is 30.8 Å². The second-order valence-electron chi connectivity index (χ2n) is 13.0. The highest BCUT2D eigenvalue weighted by molar-refractivity contribution is 6.16. The largest absolute Gasteiger partial charge is 0.324 e. The van der Waals surface area contributed by atoms with E-state index in [0.29, 0.717) is 0 Å².